The highest BCUT2D eigenvalue weighted by atomic mass is 32.2. The molecule has 4 rings (SSSR count). The van der Waals surface area contributed by atoms with Gasteiger partial charge >= 0.3 is 0 Å². The highest BCUT2D eigenvalue weighted by Crippen LogP contribution is 2.54. The molecule has 3 atom stereocenters. The van der Waals surface area contributed by atoms with Gasteiger partial charge in [0.05, 0.1) is 28.9 Å². The lowest BCUT2D eigenvalue weighted by molar-refractivity contribution is -0.215. The van der Waals surface area contributed by atoms with Crippen LogP contribution in [-0.2, 0) is 19.3 Å². The SMILES string of the molecule is CCC[C@@]1(S(=O)(=O)c2ccccc2)C[C@H]2N(C)[C@@H]1CCC21OCCO1. The van der Waals surface area contributed by atoms with Crippen molar-refractivity contribution in [1.29, 1.82) is 0 Å². The van der Waals surface area contributed by atoms with Crippen LogP contribution in [0.1, 0.15) is 39.0 Å². The number of fused-ring (bicyclic) bond motifs is 3. The number of rotatable bonds is 4. The quantitative estimate of drug-likeness (QED) is 0.821. The Labute approximate surface area is 150 Å². The van der Waals surface area contributed by atoms with Gasteiger partial charge in [-0.15, -0.1) is 0 Å². The molecule has 0 N–H and O–H groups in total. The number of sulfone groups is 1. The first-order valence-corrected chi connectivity index (χ1v) is 10.7. The van der Waals surface area contributed by atoms with Crippen molar-refractivity contribution >= 4 is 9.84 Å². The lowest BCUT2D eigenvalue weighted by atomic mass is 9.92. The van der Waals surface area contributed by atoms with Crippen molar-refractivity contribution in [2.45, 2.75) is 66.5 Å². The van der Waals surface area contributed by atoms with E-state index in [1.54, 1.807) is 12.1 Å². The Morgan fingerprint density at radius 2 is 1.84 bits per heavy atom. The molecule has 1 spiro atoms. The first-order chi connectivity index (χ1) is 12.0. The van der Waals surface area contributed by atoms with Gasteiger partial charge in [0.25, 0.3) is 0 Å². The summed E-state index contributed by atoms with van der Waals surface area (Å²) in [6, 6.07) is 8.95. The summed E-state index contributed by atoms with van der Waals surface area (Å²) in [7, 11) is -1.41. The number of piperidine rings is 1. The van der Waals surface area contributed by atoms with E-state index in [1.807, 2.05) is 25.2 Å². The molecule has 3 heterocycles. The predicted molar refractivity (Wildman–Crippen MR) is 95.1 cm³/mol. The van der Waals surface area contributed by atoms with E-state index in [9.17, 15) is 8.42 Å². The van der Waals surface area contributed by atoms with Gasteiger partial charge < -0.3 is 9.47 Å². The minimum atomic E-state index is -3.45. The normalized spacial score (nSPS) is 34.6. The van der Waals surface area contributed by atoms with E-state index in [4.69, 9.17) is 9.47 Å². The van der Waals surface area contributed by atoms with Gasteiger partial charge in [0.15, 0.2) is 15.6 Å². The minimum absolute atomic E-state index is 0.00112. The summed E-state index contributed by atoms with van der Waals surface area (Å²) in [6.07, 6.45) is 3.67. The number of benzene rings is 1. The molecule has 0 aromatic heterocycles. The molecule has 6 heteroatoms. The molecule has 138 valence electrons. The number of nitrogens with zero attached hydrogens (tertiary/aromatic N) is 1. The maximum absolute atomic E-state index is 13.7. The van der Waals surface area contributed by atoms with Crippen LogP contribution in [-0.4, -0.2) is 56.2 Å². The van der Waals surface area contributed by atoms with Crippen LogP contribution in [0.2, 0.25) is 0 Å². The summed E-state index contributed by atoms with van der Waals surface area (Å²) < 4.78 is 38.7. The Bertz CT molecular complexity index is 729. The third-order valence-corrected chi connectivity index (χ3v) is 9.05. The lowest BCUT2D eigenvalue weighted by Crippen LogP contribution is -2.56. The molecule has 3 fully saturated rings. The molecule has 0 saturated carbocycles. The third-order valence-electron chi connectivity index (χ3n) is 6.44. The fourth-order valence-corrected chi connectivity index (χ4v) is 7.87. The van der Waals surface area contributed by atoms with Crippen LogP contribution in [0.15, 0.2) is 35.2 Å². The summed E-state index contributed by atoms with van der Waals surface area (Å²) >= 11 is 0. The van der Waals surface area contributed by atoms with E-state index in [1.165, 1.54) is 0 Å². The molecule has 0 radical (unpaired) electrons. The minimum Gasteiger partial charge on any atom is -0.346 e. The average molecular weight is 365 g/mol. The molecule has 0 unspecified atom stereocenters. The Morgan fingerprint density at radius 1 is 1.16 bits per heavy atom. The van der Waals surface area contributed by atoms with Gasteiger partial charge in [-0.25, -0.2) is 8.42 Å². The predicted octanol–water partition coefficient (Wildman–Crippen LogP) is 2.61. The van der Waals surface area contributed by atoms with E-state index in [0.717, 1.165) is 19.3 Å². The Hall–Kier alpha value is -0.950. The van der Waals surface area contributed by atoms with Crippen LogP contribution in [0, 0.1) is 0 Å². The summed E-state index contributed by atoms with van der Waals surface area (Å²) in [5.74, 6) is -0.618. The third kappa shape index (κ3) is 2.34. The summed E-state index contributed by atoms with van der Waals surface area (Å²) in [4.78, 5) is 2.66. The van der Waals surface area contributed by atoms with Gasteiger partial charge in [0.2, 0.25) is 0 Å². The Balaban J connectivity index is 1.80. The summed E-state index contributed by atoms with van der Waals surface area (Å²) in [5.41, 5.74) is 0. The van der Waals surface area contributed by atoms with Crippen LogP contribution >= 0.6 is 0 Å². The van der Waals surface area contributed by atoms with Crippen LogP contribution in [0.5, 0.6) is 0 Å². The van der Waals surface area contributed by atoms with Gasteiger partial charge in [0, 0.05) is 12.5 Å². The second-order valence-corrected chi connectivity index (χ2v) is 9.87. The fourth-order valence-electron chi connectivity index (χ4n) is 5.39. The zero-order chi connectivity index (χ0) is 17.7. The molecule has 2 bridgehead atoms. The zero-order valence-corrected chi connectivity index (χ0v) is 15.8. The van der Waals surface area contributed by atoms with Gasteiger partial charge in [0.1, 0.15) is 0 Å². The zero-order valence-electron chi connectivity index (χ0n) is 15.0. The maximum Gasteiger partial charge on any atom is 0.185 e. The molecule has 1 aromatic rings. The van der Waals surface area contributed by atoms with Crippen LogP contribution < -0.4 is 0 Å². The van der Waals surface area contributed by atoms with Crippen molar-refractivity contribution in [3.8, 4) is 0 Å². The Morgan fingerprint density at radius 3 is 2.48 bits per heavy atom. The van der Waals surface area contributed by atoms with Crippen molar-refractivity contribution in [2.24, 2.45) is 0 Å². The van der Waals surface area contributed by atoms with Crippen molar-refractivity contribution in [2.75, 3.05) is 20.3 Å². The number of hydrogen-bond donors (Lipinski definition) is 0. The van der Waals surface area contributed by atoms with E-state index in [-0.39, 0.29) is 12.1 Å². The maximum atomic E-state index is 13.7. The van der Waals surface area contributed by atoms with E-state index >= 15 is 0 Å². The lowest BCUT2D eigenvalue weighted by Gasteiger charge is -2.44. The molecule has 1 aromatic carbocycles. The van der Waals surface area contributed by atoms with Crippen LogP contribution in [0.4, 0.5) is 0 Å². The molecule has 0 aliphatic carbocycles. The molecular weight excluding hydrogens is 338 g/mol. The van der Waals surface area contributed by atoms with E-state index in [0.29, 0.717) is 31.0 Å². The molecule has 25 heavy (non-hydrogen) atoms. The molecule has 3 aliphatic rings. The summed E-state index contributed by atoms with van der Waals surface area (Å²) in [6.45, 7) is 3.27. The second kappa shape index (κ2) is 6.05. The first-order valence-electron chi connectivity index (χ1n) is 9.26. The highest BCUT2D eigenvalue weighted by molar-refractivity contribution is 7.93. The van der Waals surface area contributed by atoms with Gasteiger partial charge in [-0.1, -0.05) is 31.5 Å². The first kappa shape index (κ1) is 17.5. The summed E-state index contributed by atoms with van der Waals surface area (Å²) in [5, 5.41) is 0. The van der Waals surface area contributed by atoms with Crippen LogP contribution in [0.3, 0.4) is 0 Å². The van der Waals surface area contributed by atoms with Crippen molar-refractivity contribution in [3.05, 3.63) is 30.3 Å². The van der Waals surface area contributed by atoms with Crippen LogP contribution in [0.25, 0.3) is 0 Å². The number of ether oxygens (including phenoxy) is 2. The van der Waals surface area contributed by atoms with Crippen molar-refractivity contribution in [1.82, 2.24) is 4.90 Å². The van der Waals surface area contributed by atoms with Crippen molar-refractivity contribution < 1.29 is 17.9 Å². The highest BCUT2D eigenvalue weighted by Gasteiger charge is 2.66. The molecule has 3 aliphatic heterocycles. The smallest absolute Gasteiger partial charge is 0.185 e. The average Bonchev–Trinajstić information content (AvgIpc) is 3.14. The van der Waals surface area contributed by atoms with Crippen molar-refractivity contribution in [3.63, 3.8) is 0 Å². The number of likely N-dealkylation sites (N-methyl/N-ethyl adjacent to an activating group) is 1. The van der Waals surface area contributed by atoms with Gasteiger partial charge in [-0.2, -0.15) is 0 Å². The Kier molecular flexibility index (Phi) is 4.22. The number of hydrogen-bond acceptors (Lipinski definition) is 5. The topological polar surface area (TPSA) is 55.8 Å². The van der Waals surface area contributed by atoms with E-state index in [2.05, 4.69) is 11.8 Å². The molecule has 3 saturated heterocycles. The largest absolute Gasteiger partial charge is 0.346 e. The van der Waals surface area contributed by atoms with E-state index < -0.39 is 20.4 Å². The van der Waals surface area contributed by atoms with Gasteiger partial charge in [-0.05, 0) is 38.4 Å². The van der Waals surface area contributed by atoms with Gasteiger partial charge in [-0.3, -0.25) is 4.90 Å². The molecule has 5 nitrogen and oxygen atoms in total. The standard InChI is InChI=1S/C19H27NO4S/c1-3-10-18(25(21,22)15-7-5-4-6-8-15)14-17-19(23-12-13-24-19)11-9-16(18)20(17)2/h4-8,16-17H,3,9-14H2,1-2H3/t16-,17-,18-/m1/s1. The monoisotopic (exact) mass is 365 g/mol. The molecular formula is C19H27NO4S. The molecule has 0 amide bonds. The second-order valence-electron chi connectivity index (χ2n) is 7.58. The fraction of sp³-hybridized carbons (Fsp3) is 0.684.